The summed E-state index contributed by atoms with van der Waals surface area (Å²) < 4.78 is 5.72. The molecule has 0 amide bonds. The summed E-state index contributed by atoms with van der Waals surface area (Å²) in [5.74, 6) is 1.10. The van der Waals surface area contributed by atoms with Crippen molar-refractivity contribution in [1.29, 1.82) is 0 Å². The smallest absolute Gasteiger partial charge is 0.310 e. The largest absolute Gasteiger partial charge is 0.465 e. The SMILES string of the molecule is C=CC1CC(C=C)C(COC(=O)Cc2cc(-c3cccs3)sc2-c2cccs2)C1. The lowest BCUT2D eigenvalue weighted by atomic mass is 9.97. The summed E-state index contributed by atoms with van der Waals surface area (Å²) in [5.41, 5.74) is 1.06. The molecule has 150 valence electrons. The molecule has 1 aliphatic carbocycles. The highest BCUT2D eigenvalue weighted by Crippen LogP contribution is 2.42. The number of hydrogen-bond donors (Lipinski definition) is 0. The van der Waals surface area contributed by atoms with Crippen LogP contribution < -0.4 is 0 Å². The van der Waals surface area contributed by atoms with E-state index in [0.717, 1.165) is 18.4 Å². The standard InChI is InChI=1S/C24H24O2S3/c1-3-16-11-17(4-2)19(12-16)15-26-23(25)14-18-13-22(20-7-5-9-27-20)29-24(18)21-8-6-10-28-21/h3-10,13,16-17,19H,1-2,11-12,14-15H2. The van der Waals surface area contributed by atoms with Crippen molar-refractivity contribution in [1.82, 2.24) is 0 Å². The molecular formula is C24H24O2S3. The van der Waals surface area contributed by atoms with Crippen LogP contribution in [-0.2, 0) is 16.0 Å². The van der Waals surface area contributed by atoms with Crippen LogP contribution in [0.5, 0.6) is 0 Å². The van der Waals surface area contributed by atoms with E-state index in [0.29, 0.717) is 30.8 Å². The molecular weight excluding hydrogens is 416 g/mol. The second kappa shape index (κ2) is 9.24. The number of rotatable bonds is 8. The molecule has 0 aliphatic heterocycles. The zero-order chi connectivity index (χ0) is 20.2. The van der Waals surface area contributed by atoms with E-state index in [2.05, 4.69) is 54.2 Å². The lowest BCUT2D eigenvalue weighted by Gasteiger charge is -2.15. The van der Waals surface area contributed by atoms with Gasteiger partial charge in [-0.1, -0.05) is 24.3 Å². The molecule has 5 heteroatoms. The summed E-state index contributed by atoms with van der Waals surface area (Å²) in [7, 11) is 0. The minimum absolute atomic E-state index is 0.150. The predicted octanol–water partition coefficient (Wildman–Crippen LogP) is 7.31. The van der Waals surface area contributed by atoms with Gasteiger partial charge < -0.3 is 4.74 Å². The first-order valence-corrected chi connectivity index (χ1v) is 12.4. The Balaban J connectivity index is 1.46. The average molecular weight is 441 g/mol. The van der Waals surface area contributed by atoms with Crippen molar-refractivity contribution in [3.8, 4) is 19.5 Å². The van der Waals surface area contributed by atoms with Gasteiger partial charge in [-0.25, -0.2) is 0 Å². The molecule has 0 bridgehead atoms. The number of thiophene rings is 3. The summed E-state index contributed by atoms with van der Waals surface area (Å²) >= 11 is 5.19. The minimum Gasteiger partial charge on any atom is -0.465 e. The lowest BCUT2D eigenvalue weighted by Crippen LogP contribution is -2.17. The van der Waals surface area contributed by atoms with Crippen molar-refractivity contribution in [2.24, 2.45) is 17.8 Å². The van der Waals surface area contributed by atoms with Crippen molar-refractivity contribution >= 4 is 40.0 Å². The molecule has 1 aliphatic rings. The van der Waals surface area contributed by atoms with Crippen molar-refractivity contribution in [3.05, 3.63) is 72.0 Å². The Bertz CT molecular complexity index is 966. The van der Waals surface area contributed by atoms with Crippen LogP contribution in [0, 0.1) is 17.8 Å². The van der Waals surface area contributed by atoms with Gasteiger partial charge in [0.25, 0.3) is 0 Å². The van der Waals surface area contributed by atoms with E-state index >= 15 is 0 Å². The second-order valence-electron chi connectivity index (χ2n) is 7.41. The predicted molar refractivity (Wildman–Crippen MR) is 126 cm³/mol. The van der Waals surface area contributed by atoms with Crippen molar-refractivity contribution in [2.75, 3.05) is 6.61 Å². The first-order valence-electron chi connectivity index (χ1n) is 9.79. The monoisotopic (exact) mass is 440 g/mol. The van der Waals surface area contributed by atoms with Crippen LogP contribution >= 0.6 is 34.0 Å². The highest BCUT2D eigenvalue weighted by atomic mass is 32.1. The third-order valence-electron chi connectivity index (χ3n) is 5.53. The summed E-state index contributed by atoms with van der Waals surface area (Å²) in [6.07, 6.45) is 6.42. The fourth-order valence-electron chi connectivity index (χ4n) is 4.00. The van der Waals surface area contributed by atoms with Crippen LogP contribution in [-0.4, -0.2) is 12.6 Å². The molecule has 3 aromatic rings. The van der Waals surface area contributed by atoms with Gasteiger partial charge in [0.15, 0.2) is 0 Å². The third-order valence-corrected chi connectivity index (χ3v) is 8.83. The molecule has 0 saturated heterocycles. The molecule has 3 heterocycles. The maximum absolute atomic E-state index is 12.7. The van der Waals surface area contributed by atoms with Crippen molar-refractivity contribution in [3.63, 3.8) is 0 Å². The highest BCUT2D eigenvalue weighted by molar-refractivity contribution is 7.26. The zero-order valence-corrected chi connectivity index (χ0v) is 18.7. The Morgan fingerprint density at radius 3 is 2.48 bits per heavy atom. The second-order valence-corrected chi connectivity index (χ2v) is 10.4. The van der Waals surface area contributed by atoms with Crippen LogP contribution in [0.25, 0.3) is 19.5 Å². The van der Waals surface area contributed by atoms with E-state index in [4.69, 9.17) is 4.74 Å². The van der Waals surface area contributed by atoms with Gasteiger partial charge in [-0.15, -0.1) is 47.2 Å². The quantitative estimate of drug-likeness (QED) is 0.271. The molecule has 4 rings (SSSR count). The molecule has 0 aromatic carbocycles. The number of hydrogen-bond acceptors (Lipinski definition) is 5. The highest BCUT2D eigenvalue weighted by Gasteiger charge is 2.31. The van der Waals surface area contributed by atoms with Crippen LogP contribution in [0.2, 0.25) is 0 Å². The first-order chi connectivity index (χ1) is 14.2. The Labute approximate surface area is 184 Å². The fraction of sp³-hybridized carbons (Fsp3) is 0.292. The molecule has 0 radical (unpaired) electrons. The Morgan fingerprint density at radius 2 is 1.83 bits per heavy atom. The van der Waals surface area contributed by atoms with Crippen LogP contribution in [0.15, 0.2) is 66.4 Å². The average Bonchev–Trinajstić information content (AvgIpc) is 3.52. The number of carbonyl (C=O) groups is 1. The van der Waals surface area contributed by atoms with Gasteiger partial charge in [-0.05, 0) is 65.1 Å². The van der Waals surface area contributed by atoms with Gasteiger partial charge in [-0.3, -0.25) is 4.79 Å². The molecule has 0 N–H and O–H groups in total. The molecule has 1 saturated carbocycles. The van der Waals surface area contributed by atoms with E-state index in [-0.39, 0.29) is 5.97 Å². The summed E-state index contributed by atoms with van der Waals surface area (Å²) in [5, 5.41) is 4.16. The molecule has 3 unspecified atom stereocenters. The maximum atomic E-state index is 12.7. The van der Waals surface area contributed by atoms with Gasteiger partial charge in [-0.2, -0.15) is 0 Å². The Kier molecular flexibility index (Phi) is 6.48. The van der Waals surface area contributed by atoms with Crippen LogP contribution in [0.1, 0.15) is 18.4 Å². The Morgan fingerprint density at radius 1 is 1.07 bits per heavy atom. The van der Waals surface area contributed by atoms with Gasteiger partial charge in [0.05, 0.1) is 13.0 Å². The summed E-state index contributed by atoms with van der Waals surface area (Å²) in [6.45, 7) is 8.34. The number of carbonyl (C=O) groups excluding carboxylic acids is 1. The molecule has 0 spiro atoms. The molecule has 29 heavy (non-hydrogen) atoms. The van der Waals surface area contributed by atoms with Crippen molar-refractivity contribution < 1.29 is 9.53 Å². The van der Waals surface area contributed by atoms with E-state index in [1.807, 2.05) is 12.2 Å². The normalized spacial score (nSPS) is 21.2. The third kappa shape index (κ3) is 4.63. The van der Waals surface area contributed by atoms with Gasteiger partial charge in [0, 0.05) is 19.5 Å². The maximum Gasteiger partial charge on any atom is 0.310 e. The van der Waals surface area contributed by atoms with Gasteiger partial charge in [0.2, 0.25) is 0 Å². The van der Waals surface area contributed by atoms with E-state index in [1.165, 1.54) is 19.5 Å². The van der Waals surface area contributed by atoms with E-state index in [1.54, 1.807) is 34.0 Å². The summed E-state index contributed by atoms with van der Waals surface area (Å²) in [6, 6.07) is 10.5. The number of allylic oxidation sites excluding steroid dienone is 2. The van der Waals surface area contributed by atoms with Crippen molar-refractivity contribution in [2.45, 2.75) is 19.3 Å². The molecule has 3 atom stereocenters. The minimum atomic E-state index is -0.150. The lowest BCUT2D eigenvalue weighted by molar-refractivity contribution is -0.144. The molecule has 1 fully saturated rings. The number of ether oxygens (including phenoxy) is 1. The fourth-order valence-corrected chi connectivity index (χ4v) is 6.89. The number of esters is 1. The summed E-state index contributed by atoms with van der Waals surface area (Å²) in [4.78, 5) is 17.5. The molecule has 3 aromatic heterocycles. The van der Waals surface area contributed by atoms with Gasteiger partial charge in [0.1, 0.15) is 0 Å². The Hall–Kier alpha value is -1.95. The first kappa shape index (κ1) is 20.3. The van der Waals surface area contributed by atoms with Crippen LogP contribution in [0.3, 0.4) is 0 Å². The topological polar surface area (TPSA) is 26.3 Å². The zero-order valence-electron chi connectivity index (χ0n) is 16.2. The van der Waals surface area contributed by atoms with Gasteiger partial charge >= 0.3 is 5.97 Å². The molecule has 2 nitrogen and oxygen atoms in total. The van der Waals surface area contributed by atoms with Crippen LogP contribution in [0.4, 0.5) is 0 Å². The van der Waals surface area contributed by atoms with E-state index in [9.17, 15) is 4.79 Å². The van der Waals surface area contributed by atoms with E-state index < -0.39 is 0 Å².